The van der Waals surface area contributed by atoms with Crippen LogP contribution in [0.25, 0.3) is 22.3 Å². The number of aryl methyl sites for hydroxylation is 1. The molecular weight excluding hydrogens is 574 g/mol. The lowest BCUT2D eigenvalue weighted by molar-refractivity contribution is -0.123. The third kappa shape index (κ3) is 5.66. The van der Waals surface area contributed by atoms with E-state index in [4.69, 9.17) is 9.97 Å². The zero-order chi connectivity index (χ0) is 33.1. The predicted molar refractivity (Wildman–Crippen MR) is 186 cm³/mol. The zero-order valence-electron chi connectivity index (χ0n) is 28.6. The van der Waals surface area contributed by atoms with E-state index in [0.29, 0.717) is 17.4 Å². The first-order chi connectivity index (χ1) is 21.7. The van der Waals surface area contributed by atoms with E-state index < -0.39 is 5.41 Å². The summed E-state index contributed by atoms with van der Waals surface area (Å²) in [4.78, 5) is 38.4. The molecule has 0 radical (unpaired) electrons. The number of fused-ring (bicyclic) bond motifs is 2. The Morgan fingerprint density at radius 1 is 1.09 bits per heavy atom. The van der Waals surface area contributed by atoms with Crippen molar-refractivity contribution in [2.24, 2.45) is 5.41 Å². The second kappa shape index (κ2) is 11.5. The van der Waals surface area contributed by atoms with Gasteiger partial charge in [0.05, 0.1) is 23.0 Å². The highest BCUT2D eigenvalue weighted by Crippen LogP contribution is 2.47. The number of amides is 2. The molecule has 0 saturated heterocycles. The number of rotatable bonds is 8. The Morgan fingerprint density at radius 2 is 1.83 bits per heavy atom. The molecular formula is C37H47N7O2. The van der Waals surface area contributed by atoms with Gasteiger partial charge in [0, 0.05) is 54.2 Å². The first-order valence-electron chi connectivity index (χ1n) is 16.4. The fourth-order valence-electron chi connectivity index (χ4n) is 6.63. The monoisotopic (exact) mass is 621 g/mol. The van der Waals surface area contributed by atoms with Crippen molar-refractivity contribution in [3.05, 3.63) is 65.5 Å². The van der Waals surface area contributed by atoms with E-state index in [0.717, 1.165) is 64.2 Å². The second-order valence-corrected chi connectivity index (χ2v) is 15.0. The van der Waals surface area contributed by atoms with Crippen LogP contribution in [0, 0.1) is 12.3 Å². The van der Waals surface area contributed by atoms with Gasteiger partial charge in [0.15, 0.2) is 5.82 Å². The molecule has 2 aromatic heterocycles. The number of carbonyl (C=O) groups is 2. The minimum Gasteiger partial charge on any atom is -0.355 e. The van der Waals surface area contributed by atoms with Gasteiger partial charge in [0.25, 0.3) is 5.91 Å². The molecule has 46 heavy (non-hydrogen) atoms. The summed E-state index contributed by atoms with van der Waals surface area (Å²) in [7, 11) is 1.64. The van der Waals surface area contributed by atoms with Gasteiger partial charge in [-0.3, -0.25) is 9.59 Å². The SMILES string of the molecule is CNC(=O)c1cc(Nc2nc(-c3ccc4c(c3)N(C3CC(NCC(C)(C)C)C3)C(=O)C4(C)C)cc3ncn(C(C)C)c23)ccc1C. The van der Waals surface area contributed by atoms with Gasteiger partial charge in [-0.15, -0.1) is 0 Å². The topological polar surface area (TPSA) is 104 Å². The lowest BCUT2D eigenvalue weighted by atomic mass is 9.83. The molecule has 0 atom stereocenters. The van der Waals surface area contributed by atoms with Gasteiger partial charge in [-0.2, -0.15) is 0 Å². The van der Waals surface area contributed by atoms with E-state index in [9.17, 15) is 9.59 Å². The number of carbonyl (C=O) groups excluding carboxylic acids is 2. The van der Waals surface area contributed by atoms with Crippen LogP contribution >= 0.6 is 0 Å². The van der Waals surface area contributed by atoms with Crippen LogP contribution in [0.1, 0.15) is 88.8 Å². The van der Waals surface area contributed by atoms with Crippen LogP contribution in [0.2, 0.25) is 0 Å². The minimum absolute atomic E-state index is 0.136. The normalized spacial score (nSPS) is 19.0. The van der Waals surface area contributed by atoms with Gasteiger partial charge in [-0.05, 0) is 88.3 Å². The number of aromatic nitrogens is 3. The lowest BCUT2D eigenvalue weighted by Crippen LogP contribution is -2.56. The van der Waals surface area contributed by atoms with Crippen molar-refractivity contribution in [2.45, 2.75) is 91.8 Å². The van der Waals surface area contributed by atoms with Crippen molar-refractivity contribution >= 4 is 40.0 Å². The van der Waals surface area contributed by atoms with E-state index in [1.807, 2.05) is 56.3 Å². The number of anilines is 3. The van der Waals surface area contributed by atoms with Crippen molar-refractivity contribution in [1.82, 2.24) is 25.2 Å². The van der Waals surface area contributed by atoms with E-state index in [1.165, 1.54) is 0 Å². The first-order valence-corrected chi connectivity index (χ1v) is 16.4. The Bertz CT molecular complexity index is 1830. The molecule has 9 nitrogen and oxygen atoms in total. The number of hydrogen-bond acceptors (Lipinski definition) is 6. The summed E-state index contributed by atoms with van der Waals surface area (Å²) in [5.41, 5.74) is 7.32. The van der Waals surface area contributed by atoms with Crippen molar-refractivity contribution in [2.75, 3.05) is 23.8 Å². The summed E-state index contributed by atoms with van der Waals surface area (Å²) >= 11 is 0. The number of nitrogens with one attached hydrogen (secondary N) is 3. The molecule has 9 heteroatoms. The summed E-state index contributed by atoms with van der Waals surface area (Å²) in [6.07, 6.45) is 3.74. The maximum atomic E-state index is 13.8. The van der Waals surface area contributed by atoms with Gasteiger partial charge in [-0.1, -0.05) is 39.0 Å². The number of imidazole rings is 1. The van der Waals surface area contributed by atoms with Gasteiger partial charge in [0.1, 0.15) is 5.52 Å². The molecule has 2 amide bonds. The molecule has 1 aliphatic carbocycles. The highest BCUT2D eigenvalue weighted by molar-refractivity contribution is 6.09. The van der Waals surface area contributed by atoms with Crippen LogP contribution in [0.4, 0.5) is 17.2 Å². The summed E-state index contributed by atoms with van der Waals surface area (Å²) in [6, 6.07) is 14.8. The first kappa shape index (κ1) is 31.7. The molecule has 1 saturated carbocycles. The predicted octanol–water partition coefficient (Wildman–Crippen LogP) is 6.88. The van der Waals surface area contributed by atoms with Crippen LogP contribution in [-0.2, 0) is 10.2 Å². The fraction of sp³-hybridized carbons (Fsp3) is 0.459. The molecule has 242 valence electrons. The van der Waals surface area contributed by atoms with E-state index in [1.54, 1.807) is 7.05 Å². The standard InChI is InChI=1S/C37H47N7O2/c1-21(2)43-20-40-30-18-29(42-33(32(30)43)41-24-12-10-22(3)27(17-24)34(45)38-9)23-11-13-28-31(14-23)44(35(46)37(28,7)8)26-15-25(16-26)39-19-36(4,5)6/h10-14,17-18,20-21,25-26,39H,15-16,19H2,1-9H3,(H,38,45)(H,41,42). The van der Waals surface area contributed by atoms with Gasteiger partial charge in [-0.25, -0.2) is 9.97 Å². The molecule has 1 aliphatic heterocycles. The average Bonchev–Trinajstić information content (AvgIpc) is 3.49. The Kier molecular flexibility index (Phi) is 7.95. The fourth-order valence-corrected chi connectivity index (χ4v) is 6.63. The third-order valence-electron chi connectivity index (χ3n) is 9.46. The average molecular weight is 622 g/mol. The Labute approximate surface area is 272 Å². The quantitative estimate of drug-likeness (QED) is 0.198. The number of nitrogens with zero attached hydrogens (tertiary/aromatic N) is 4. The Morgan fingerprint density at radius 3 is 2.50 bits per heavy atom. The molecule has 3 N–H and O–H groups in total. The molecule has 3 heterocycles. The maximum Gasteiger partial charge on any atom is 0.251 e. The summed E-state index contributed by atoms with van der Waals surface area (Å²) in [6.45, 7) is 17.9. The third-order valence-corrected chi connectivity index (χ3v) is 9.46. The Balaban J connectivity index is 1.38. The minimum atomic E-state index is -0.591. The Hall–Kier alpha value is -4.24. The molecule has 6 rings (SSSR count). The van der Waals surface area contributed by atoms with Crippen molar-refractivity contribution in [1.29, 1.82) is 0 Å². The van der Waals surface area contributed by atoms with E-state index in [2.05, 4.69) is 73.3 Å². The maximum absolute atomic E-state index is 13.8. The van der Waals surface area contributed by atoms with Gasteiger partial charge >= 0.3 is 0 Å². The smallest absolute Gasteiger partial charge is 0.251 e. The summed E-state index contributed by atoms with van der Waals surface area (Å²) in [5, 5.41) is 9.93. The van der Waals surface area contributed by atoms with Crippen LogP contribution in [0.15, 0.2) is 48.8 Å². The van der Waals surface area contributed by atoms with Crippen LogP contribution in [0.3, 0.4) is 0 Å². The lowest BCUT2D eigenvalue weighted by Gasteiger charge is -2.43. The van der Waals surface area contributed by atoms with Crippen LogP contribution < -0.4 is 20.9 Å². The highest BCUT2D eigenvalue weighted by Gasteiger charge is 2.49. The van der Waals surface area contributed by atoms with Crippen molar-refractivity contribution in [3.8, 4) is 11.3 Å². The molecule has 1 fully saturated rings. The number of hydrogen-bond donors (Lipinski definition) is 3. The van der Waals surface area contributed by atoms with Crippen LogP contribution in [-0.4, -0.2) is 52.0 Å². The van der Waals surface area contributed by atoms with E-state index in [-0.39, 0.29) is 29.3 Å². The van der Waals surface area contributed by atoms with Gasteiger partial charge < -0.3 is 25.4 Å². The van der Waals surface area contributed by atoms with Crippen LogP contribution in [0.5, 0.6) is 0 Å². The van der Waals surface area contributed by atoms with Crippen molar-refractivity contribution in [3.63, 3.8) is 0 Å². The highest BCUT2D eigenvalue weighted by atomic mass is 16.2. The molecule has 2 aliphatic rings. The van der Waals surface area contributed by atoms with E-state index >= 15 is 0 Å². The molecule has 2 aromatic carbocycles. The summed E-state index contributed by atoms with van der Waals surface area (Å²) < 4.78 is 2.11. The molecule has 0 unspecified atom stereocenters. The number of benzene rings is 2. The van der Waals surface area contributed by atoms with Crippen molar-refractivity contribution < 1.29 is 9.59 Å². The summed E-state index contributed by atoms with van der Waals surface area (Å²) in [5.74, 6) is 0.681. The molecule has 0 spiro atoms. The largest absolute Gasteiger partial charge is 0.355 e. The number of pyridine rings is 1. The second-order valence-electron chi connectivity index (χ2n) is 15.0. The zero-order valence-corrected chi connectivity index (χ0v) is 28.6. The van der Waals surface area contributed by atoms with Gasteiger partial charge in [0.2, 0.25) is 5.91 Å². The molecule has 0 bridgehead atoms. The molecule has 4 aromatic rings.